The van der Waals surface area contributed by atoms with Crippen molar-refractivity contribution in [2.45, 2.75) is 17.3 Å². The summed E-state index contributed by atoms with van der Waals surface area (Å²) in [4.78, 5) is 4.13. The molecule has 0 bridgehead atoms. The molecule has 0 saturated carbocycles. The number of rotatable bonds is 4. The third-order valence-electron chi connectivity index (χ3n) is 3.38. The van der Waals surface area contributed by atoms with E-state index in [4.69, 9.17) is 11.6 Å². The smallest absolute Gasteiger partial charge is 0.191 e. The van der Waals surface area contributed by atoms with Crippen LogP contribution in [0.5, 0.6) is 0 Å². The zero-order valence-electron chi connectivity index (χ0n) is 12.3. The van der Waals surface area contributed by atoms with Crippen molar-refractivity contribution in [1.29, 1.82) is 0 Å². The van der Waals surface area contributed by atoms with Crippen LogP contribution in [0.1, 0.15) is 17.7 Å². The Labute approximate surface area is 138 Å². The van der Waals surface area contributed by atoms with E-state index in [9.17, 15) is 0 Å². The molecule has 2 aromatic heterocycles. The van der Waals surface area contributed by atoms with Crippen LogP contribution in [-0.2, 0) is 7.05 Å². The number of benzene rings is 1. The van der Waals surface area contributed by atoms with E-state index < -0.39 is 0 Å². The predicted molar refractivity (Wildman–Crippen MR) is 90.0 cm³/mol. The van der Waals surface area contributed by atoms with Gasteiger partial charge in [-0.05, 0) is 30.7 Å². The van der Waals surface area contributed by atoms with Gasteiger partial charge in [-0.2, -0.15) is 0 Å². The molecule has 0 saturated heterocycles. The minimum atomic E-state index is 0.193. The average Bonchev–Trinajstić information content (AvgIpc) is 2.89. The molecule has 22 heavy (non-hydrogen) atoms. The van der Waals surface area contributed by atoms with Gasteiger partial charge in [0.1, 0.15) is 0 Å². The lowest BCUT2D eigenvalue weighted by Crippen LogP contribution is -1.97. The van der Waals surface area contributed by atoms with Crippen molar-refractivity contribution in [2.75, 3.05) is 0 Å². The van der Waals surface area contributed by atoms with Gasteiger partial charge in [-0.25, -0.2) is 0 Å². The fraction of sp³-hybridized carbons (Fsp3) is 0.188. The number of hydrogen-bond donors (Lipinski definition) is 0. The Morgan fingerprint density at radius 1 is 1.14 bits per heavy atom. The monoisotopic (exact) mass is 330 g/mol. The van der Waals surface area contributed by atoms with Crippen LogP contribution in [0.3, 0.4) is 0 Å². The van der Waals surface area contributed by atoms with Crippen LogP contribution >= 0.6 is 23.4 Å². The number of nitrogens with zero attached hydrogens (tertiary/aromatic N) is 4. The van der Waals surface area contributed by atoms with Crippen molar-refractivity contribution in [1.82, 2.24) is 19.7 Å². The summed E-state index contributed by atoms with van der Waals surface area (Å²) >= 11 is 7.90. The summed E-state index contributed by atoms with van der Waals surface area (Å²) < 4.78 is 1.98. The van der Waals surface area contributed by atoms with Gasteiger partial charge >= 0.3 is 0 Å². The standard InChI is InChI=1S/C16H15ClN4S/c1-11(13-7-3-4-8-14(13)17)22-16-20-19-15(21(16)2)12-6-5-9-18-10-12/h3-11H,1-2H3/t11-/m1/s1. The highest BCUT2D eigenvalue weighted by Gasteiger charge is 2.16. The largest absolute Gasteiger partial charge is 0.305 e. The van der Waals surface area contributed by atoms with E-state index in [1.165, 1.54) is 0 Å². The number of pyridine rings is 1. The fourth-order valence-electron chi connectivity index (χ4n) is 2.19. The van der Waals surface area contributed by atoms with Crippen LogP contribution < -0.4 is 0 Å². The number of thioether (sulfide) groups is 1. The minimum Gasteiger partial charge on any atom is -0.305 e. The van der Waals surface area contributed by atoms with Gasteiger partial charge in [-0.3, -0.25) is 4.98 Å². The summed E-state index contributed by atoms with van der Waals surface area (Å²) in [5, 5.41) is 10.4. The molecule has 1 atom stereocenters. The van der Waals surface area contributed by atoms with Crippen molar-refractivity contribution in [3.05, 3.63) is 59.4 Å². The van der Waals surface area contributed by atoms with Gasteiger partial charge in [-0.15, -0.1) is 10.2 Å². The van der Waals surface area contributed by atoms with E-state index in [0.717, 1.165) is 27.1 Å². The van der Waals surface area contributed by atoms with E-state index in [1.54, 1.807) is 24.2 Å². The van der Waals surface area contributed by atoms with Gasteiger partial charge in [0.05, 0.1) is 0 Å². The third-order valence-corrected chi connectivity index (χ3v) is 4.90. The van der Waals surface area contributed by atoms with Crippen molar-refractivity contribution >= 4 is 23.4 Å². The summed E-state index contributed by atoms with van der Waals surface area (Å²) in [5.41, 5.74) is 2.05. The first-order chi connectivity index (χ1) is 10.7. The maximum Gasteiger partial charge on any atom is 0.191 e. The molecule has 0 aliphatic heterocycles. The summed E-state index contributed by atoms with van der Waals surface area (Å²) in [6.45, 7) is 2.12. The average molecular weight is 331 g/mol. The first-order valence-corrected chi connectivity index (χ1v) is 8.13. The van der Waals surface area contributed by atoms with Crippen LogP contribution in [-0.4, -0.2) is 19.7 Å². The second-order valence-corrected chi connectivity index (χ2v) is 6.60. The lowest BCUT2D eigenvalue weighted by Gasteiger charge is -2.12. The van der Waals surface area contributed by atoms with Crippen molar-refractivity contribution < 1.29 is 0 Å². The van der Waals surface area contributed by atoms with Crippen LogP contribution in [0.2, 0.25) is 5.02 Å². The summed E-state index contributed by atoms with van der Waals surface area (Å²) in [7, 11) is 1.96. The molecule has 0 radical (unpaired) electrons. The Bertz CT molecular complexity index is 773. The van der Waals surface area contributed by atoms with Crippen molar-refractivity contribution in [3.63, 3.8) is 0 Å². The van der Waals surface area contributed by atoms with Gasteiger partial charge < -0.3 is 4.57 Å². The second kappa shape index (κ2) is 6.50. The Morgan fingerprint density at radius 2 is 1.95 bits per heavy atom. The molecular weight excluding hydrogens is 316 g/mol. The van der Waals surface area contributed by atoms with Crippen molar-refractivity contribution in [2.24, 2.45) is 7.05 Å². The van der Waals surface area contributed by atoms with E-state index in [-0.39, 0.29) is 5.25 Å². The van der Waals surface area contributed by atoms with E-state index in [2.05, 4.69) is 22.1 Å². The Balaban J connectivity index is 1.85. The number of halogens is 1. The Kier molecular flexibility index (Phi) is 4.45. The molecule has 0 spiro atoms. The zero-order valence-corrected chi connectivity index (χ0v) is 13.8. The van der Waals surface area contributed by atoms with Gasteiger partial charge in [0.15, 0.2) is 11.0 Å². The van der Waals surface area contributed by atoms with Crippen LogP contribution in [0, 0.1) is 0 Å². The highest BCUT2D eigenvalue weighted by molar-refractivity contribution is 7.99. The molecule has 0 fully saturated rings. The summed E-state index contributed by atoms with van der Waals surface area (Å²) in [6.07, 6.45) is 3.53. The lowest BCUT2D eigenvalue weighted by atomic mass is 10.2. The molecule has 0 aliphatic carbocycles. The first-order valence-electron chi connectivity index (χ1n) is 6.87. The van der Waals surface area contributed by atoms with E-state index in [1.807, 2.05) is 48.0 Å². The quantitative estimate of drug-likeness (QED) is 0.666. The molecule has 4 nitrogen and oxygen atoms in total. The molecule has 0 N–H and O–H groups in total. The number of aromatic nitrogens is 4. The molecule has 1 aromatic carbocycles. The lowest BCUT2D eigenvalue weighted by molar-refractivity contribution is 0.790. The van der Waals surface area contributed by atoms with Crippen LogP contribution in [0.15, 0.2) is 53.9 Å². The predicted octanol–water partition coefficient (Wildman–Crippen LogP) is 4.38. The minimum absolute atomic E-state index is 0.193. The molecule has 6 heteroatoms. The Hall–Kier alpha value is -1.85. The molecule has 3 aromatic rings. The van der Waals surface area contributed by atoms with E-state index in [0.29, 0.717) is 0 Å². The zero-order chi connectivity index (χ0) is 15.5. The Morgan fingerprint density at radius 3 is 2.68 bits per heavy atom. The highest BCUT2D eigenvalue weighted by Crippen LogP contribution is 2.37. The van der Waals surface area contributed by atoms with Gasteiger partial charge in [-0.1, -0.05) is 41.6 Å². The molecular formula is C16H15ClN4S. The maximum atomic E-state index is 6.26. The number of hydrogen-bond acceptors (Lipinski definition) is 4. The van der Waals surface area contributed by atoms with Crippen molar-refractivity contribution in [3.8, 4) is 11.4 Å². The molecule has 3 rings (SSSR count). The normalized spacial score (nSPS) is 12.3. The maximum absolute atomic E-state index is 6.26. The molecule has 0 amide bonds. The fourth-order valence-corrected chi connectivity index (χ4v) is 3.54. The molecule has 2 heterocycles. The highest BCUT2D eigenvalue weighted by atomic mass is 35.5. The van der Waals surface area contributed by atoms with E-state index >= 15 is 0 Å². The van der Waals surface area contributed by atoms with Gasteiger partial charge in [0, 0.05) is 35.3 Å². The van der Waals surface area contributed by atoms with Crippen LogP contribution in [0.4, 0.5) is 0 Å². The van der Waals surface area contributed by atoms with Crippen LogP contribution in [0.25, 0.3) is 11.4 Å². The summed E-state index contributed by atoms with van der Waals surface area (Å²) in [6, 6.07) is 11.7. The molecule has 0 aliphatic rings. The van der Waals surface area contributed by atoms with Gasteiger partial charge in [0.25, 0.3) is 0 Å². The SMILES string of the molecule is C[C@@H](Sc1nnc(-c2cccnc2)n1C)c1ccccc1Cl. The summed E-state index contributed by atoms with van der Waals surface area (Å²) in [5.74, 6) is 0.807. The van der Waals surface area contributed by atoms with Gasteiger partial charge in [0.2, 0.25) is 0 Å². The second-order valence-electron chi connectivity index (χ2n) is 4.89. The molecule has 0 unspecified atom stereocenters. The molecule has 112 valence electrons. The first kappa shape index (κ1) is 15.1. The topological polar surface area (TPSA) is 43.6 Å². The third kappa shape index (κ3) is 3.00.